The monoisotopic (exact) mass is 136 g/mol. The minimum Gasteiger partial charge on any atom is -0.504 e. The van der Waals surface area contributed by atoms with Gasteiger partial charge in [0.05, 0.1) is 13.4 Å². The molecule has 0 aliphatic heterocycles. The zero-order chi connectivity index (χ0) is 4.12. The van der Waals surface area contributed by atoms with Crippen LogP contribution in [0.3, 0.4) is 0 Å². The first-order valence-corrected chi connectivity index (χ1v) is 2.11. The predicted octanol–water partition coefficient (Wildman–Crippen LogP) is 1.50. The van der Waals surface area contributed by atoms with E-state index in [1.165, 1.54) is 0 Å². The second-order valence-corrected chi connectivity index (χ2v) is 1.03. The van der Waals surface area contributed by atoms with E-state index in [0.717, 1.165) is 0 Å². The van der Waals surface area contributed by atoms with Gasteiger partial charge in [0.1, 0.15) is 0 Å². The van der Waals surface area contributed by atoms with Crippen LogP contribution in [0.15, 0.2) is 11.2 Å². The fraction of sp³-hybridized carbons (Fsp3) is 0.333. The number of rotatable bonds is 1. The Balaban J connectivity index is 2.62. The molecule has 0 heterocycles. The molecular weight excluding hydrogens is 132 g/mol. The molecule has 0 fully saturated rings. The third-order valence-corrected chi connectivity index (χ3v) is 0.403. The summed E-state index contributed by atoms with van der Waals surface area (Å²) in [5, 5.41) is 0. The molecule has 0 bridgehead atoms. The first kappa shape index (κ1) is 5.02. The normalized spacial score (nSPS) is 9.20. The smallest absolute Gasteiger partial charge is 0.0893 e. The zero-order valence-corrected chi connectivity index (χ0v) is 4.53. The second kappa shape index (κ2) is 4.02. The average Bonchev–Trinajstić information content (AvgIpc) is 1.41. The lowest BCUT2D eigenvalue weighted by Crippen LogP contribution is -1.56. The molecule has 30 valence electrons. The molecule has 0 aromatic carbocycles. The minimum absolute atomic E-state index is 1.54. The molecule has 0 spiro atoms. The number of hydrogen-bond acceptors (Lipinski definition) is 1. The maximum absolute atomic E-state index is 4.46. The van der Waals surface area contributed by atoms with Crippen molar-refractivity contribution in [1.82, 2.24) is 0 Å². The molecule has 0 atom stereocenters. The van der Waals surface area contributed by atoms with Crippen LogP contribution in [-0.2, 0) is 4.74 Å². The molecule has 0 rings (SSSR count). The molecule has 0 unspecified atom stereocenters. The number of ether oxygens (including phenoxy) is 1. The van der Waals surface area contributed by atoms with Crippen molar-refractivity contribution in [2.45, 2.75) is 0 Å². The summed E-state index contributed by atoms with van der Waals surface area (Å²) in [7, 11) is 1.60. The van der Waals surface area contributed by atoms with Gasteiger partial charge in [-0.1, -0.05) is 15.9 Å². The van der Waals surface area contributed by atoms with E-state index in [4.69, 9.17) is 0 Å². The Hall–Kier alpha value is 0.0200. The predicted molar refractivity (Wildman–Crippen MR) is 25.1 cm³/mol. The Bertz CT molecular complexity index is 33.9. The van der Waals surface area contributed by atoms with Crippen LogP contribution >= 0.6 is 15.9 Å². The summed E-state index contributed by atoms with van der Waals surface area (Å²) in [5.41, 5.74) is 0. The van der Waals surface area contributed by atoms with Gasteiger partial charge in [0.15, 0.2) is 0 Å². The van der Waals surface area contributed by atoms with Crippen molar-refractivity contribution in [3.05, 3.63) is 11.2 Å². The fourth-order valence-electron chi connectivity index (χ4n) is 0.0514. The molecule has 0 saturated carbocycles. The van der Waals surface area contributed by atoms with Gasteiger partial charge in [0, 0.05) is 4.99 Å². The van der Waals surface area contributed by atoms with Gasteiger partial charge in [-0.25, -0.2) is 0 Å². The summed E-state index contributed by atoms with van der Waals surface area (Å²) in [4.78, 5) is 1.65. The zero-order valence-electron chi connectivity index (χ0n) is 2.94. The Kier molecular flexibility index (Phi) is 4.04. The van der Waals surface area contributed by atoms with Crippen molar-refractivity contribution < 1.29 is 4.74 Å². The summed E-state index contributed by atoms with van der Waals surface area (Å²) >= 11 is 3.00. The maximum atomic E-state index is 4.46. The molecule has 0 aliphatic carbocycles. The van der Waals surface area contributed by atoms with E-state index in [9.17, 15) is 0 Å². The molecule has 1 nitrogen and oxygen atoms in total. The highest BCUT2D eigenvalue weighted by Gasteiger charge is 1.49. The van der Waals surface area contributed by atoms with E-state index in [0.29, 0.717) is 0 Å². The van der Waals surface area contributed by atoms with Crippen molar-refractivity contribution in [3.63, 3.8) is 0 Å². The molecule has 0 radical (unpaired) electrons. The molecule has 2 heteroatoms. The highest BCUT2D eigenvalue weighted by Crippen LogP contribution is 1.79. The summed E-state index contributed by atoms with van der Waals surface area (Å²) in [6.45, 7) is 0. The Morgan fingerprint density at radius 3 is 2.40 bits per heavy atom. The highest BCUT2D eigenvalue weighted by atomic mass is 79.9. The van der Waals surface area contributed by atoms with Crippen LogP contribution in [-0.4, -0.2) is 7.11 Å². The maximum Gasteiger partial charge on any atom is 0.0893 e. The van der Waals surface area contributed by atoms with Crippen molar-refractivity contribution in [2.24, 2.45) is 0 Å². The minimum atomic E-state index is 1.54. The van der Waals surface area contributed by atoms with E-state index in [1.54, 1.807) is 18.4 Å². The van der Waals surface area contributed by atoms with Gasteiger partial charge >= 0.3 is 0 Å². The summed E-state index contributed by atoms with van der Waals surface area (Å²) in [6.07, 6.45) is 1.54. The first-order valence-electron chi connectivity index (χ1n) is 1.20. The van der Waals surface area contributed by atoms with Crippen LogP contribution in [0.2, 0.25) is 0 Å². The summed E-state index contributed by atoms with van der Waals surface area (Å²) in [6, 6.07) is 0. The van der Waals surface area contributed by atoms with Crippen LogP contribution in [0.5, 0.6) is 0 Å². The molecule has 0 aromatic heterocycles. The lowest BCUT2D eigenvalue weighted by Gasteiger charge is -1.75. The van der Waals surface area contributed by atoms with Gasteiger partial charge in [-0.05, 0) is 0 Å². The van der Waals surface area contributed by atoms with Gasteiger partial charge in [-0.3, -0.25) is 0 Å². The molecule has 0 amide bonds. The topological polar surface area (TPSA) is 9.23 Å². The van der Waals surface area contributed by atoms with Crippen molar-refractivity contribution in [1.29, 1.82) is 0 Å². The Morgan fingerprint density at radius 1 is 1.80 bits per heavy atom. The standard InChI is InChI=1S/C3H5BrO/c1-5-3-2-4/h2-3H,1H3/b3-2-. The van der Waals surface area contributed by atoms with Crippen molar-refractivity contribution in [3.8, 4) is 0 Å². The van der Waals surface area contributed by atoms with E-state index in [1.807, 2.05) is 0 Å². The largest absolute Gasteiger partial charge is 0.504 e. The molecule has 0 saturated heterocycles. The van der Waals surface area contributed by atoms with Crippen LogP contribution in [0.4, 0.5) is 0 Å². The third-order valence-electron chi connectivity index (χ3n) is 0.188. The second-order valence-electron chi connectivity index (χ2n) is 0.498. The quantitative estimate of drug-likeness (QED) is 0.497. The van der Waals surface area contributed by atoms with E-state index in [-0.39, 0.29) is 0 Å². The Morgan fingerprint density at radius 2 is 2.40 bits per heavy atom. The number of hydrogen-bond donors (Lipinski definition) is 0. The van der Waals surface area contributed by atoms with Gasteiger partial charge in [0.25, 0.3) is 0 Å². The van der Waals surface area contributed by atoms with Crippen LogP contribution in [0.1, 0.15) is 0 Å². The average molecular weight is 137 g/mol. The van der Waals surface area contributed by atoms with Crippen LogP contribution in [0.25, 0.3) is 0 Å². The highest BCUT2D eigenvalue weighted by molar-refractivity contribution is 9.11. The fourth-order valence-corrected chi connectivity index (χ4v) is 0.267. The summed E-state index contributed by atoms with van der Waals surface area (Å²) in [5.74, 6) is 0. The van der Waals surface area contributed by atoms with Crippen LogP contribution < -0.4 is 0 Å². The van der Waals surface area contributed by atoms with Gasteiger partial charge in [-0.2, -0.15) is 0 Å². The van der Waals surface area contributed by atoms with E-state index >= 15 is 0 Å². The molecule has 0 N–H and O–H groups in total. The van der Waals surface area contributed by atoms with Crippen molar-refractivity contribution >= 4 is 15.9 Å². The lowest BCUT2D eigenvalue weighted by molar-refractivity contribution is 0.339. The molecule has 0 aliphatic rings. The van der Waals surface area contributed by atoms with Gasteiger partial charge < -0.3 is 4.74 Å². The van der Waals surface area contributed by atoms with Gasteiger partial charge in [-0.15, -0.1) is 0 Å². The summed E-state index contributed by atoms with van der Waals surface area (Å²) < 4.78 is 4.46. The lowest BCUT2D eigenvalue weighted by atomic mass is 11.1. The molecular formula is C3H5BrO. The van der Waals surface area contributed by atoms with Gasteiger partial charge in [0.2, 0.25) is 0 Å². The molecule has 0 aromatic rings. The SMILES string of the molecule is CO/C=C\Br. The molecule has 5 heavy (non-hydrogen) atoms. The van der Waals surface area contributed by atoms with Crippen molar-refractivity contribution in [2.75, 3.05) is 7.11 Å². The van der Waals surface area contributed by atoms with E-state index in [2.05, 4.69) is 20.7 Å². The van der Waals surface area contributed by atoms with Crippen LogP contribution in [0, 0.1) is 0 Å². The first-order chi connectivity index (χ1) is 2.41. The third kappa shape index (κ3) is 4.02. The number of halogens is 1. The Labute approximate surface area is 39.8 Å². The van der Waals surface area contributed by atoms with E-state index < -0.39 is 0 Å². The number of methoxy groups -OCH3 is 1.